The molecule has 1 fully saturated rings. The SMILES string of the molecule is CN(CCc1ccc([N+](=O)[O-])cc1)CC1CC(O)C1. The van der Waals surface area contributed by atoms with Crippen LogP contribution in [0.2, 0.25) is 0 Å². The molecule has 1 aliphatic rings. The number of aliphatic hydroxyl groups excluding tert-OH is 1. The summed E-state index contributed by atoms with van der Waals surface area (Å²) in [4.78, 5) is 12.4. The number of rotatable bonds is 6. The summed E-state index contributed by atoms with van der Waals surface area (Å²) >= 11 is 0. The van der Waals surface area contributed by atoms with Crippen LogP contribution in [0.15, 0.2) is 24.3 Å². The van der Waals surface area contributed by atoms with Gasteiger partial charge in [0.2, 0.25) is 0 Å². The van der Waals surface area contributed by atoms with Gasteiger partial charge in [0.15, 0.2) is 0 Å². The van der Waals surface area contributed by atoms with Crippen LogP contribution in [0, 0.1) is 16.0 Å². The minimum atomic E-state index is -0.377. The average Bonchev–Trinajstić information content (AvgIpc) is 2.35. The van der Waals surface area contributed by atoms with Crippen LogP contribution in [0.1, 0.15) is 18.4 Å². The van der Waals surface area contributed by atoms with Crippen molar-refractivity contribution in [1.29, 1.82) is 0 Å². The lowest BCUT2D eigenvalue weighted by molar-refractivity contribution is -0.384. The zero-order valence-electron chi connectivity index (χ0n) is 11.2. The summed E-state index contributed by atoms with van der Waals surface area (Å²) in [5, 5.41) is 19.8. The summed E-state index contributed by atoms with van der Waals surface area (Å²) in [6, 6.07) is 6.74. The van der Waals surface area contributed by atoms with Gasteiger partial charge in [-0.1, -0.05) is 12.1 Å². The molecule has 0 aliphatic heterocycles. The number of aliphatic hydroxyl groups is 1. The summed E-state index contributed by atoms with van der Waals surface area (Å²) in [7, 11) is 2.08. The third kappa shape index (κ3) is 4.01. The minimum Gasteiger partial charge on any atom is -0.393 e. The summed E-state index contributed by atoms with van der Waals surface area (Å²) in [5.41, 5.74) is 1.26. The van der Waals surface area contributed by atoms with Gasteiger partial charge in [-0.25, -0.2) is 0 Å². The van der Waals surface area contributed by atoms with Gasteiger partial charge in [0, 0.05) is 25.2 Å². The predicted octanol–water partition coefficient (Wildman–Crippen LogP) is 1.84. The predicted molar refractivity (Wildman–Crippen MR) is 73.0 cm³/mol. The highest BCUT2D eigenvalue weighted by Gasteiger charge is 2.27. The number of nitro benzene ring substituents is 1. The first kappa shape index (κ1) is 14.0. The molecule has 0 saturated heterocycles. The molecule has 0 spiro atoms. The van der Waals surface area contributed by atoms with E-state index in [1.807, 2.05) is 12.1 Å². The molecule has 1 saturated carbocycles. The van der Waals surface area contributed by atoms with Gasteiger partial charge in [-0.2, -0.15) is 0 Å². The van der Waals surface area contributed by atoms with Gasteiger partial charge < -0.3 is 10.0 Å². The van der Waals surface area contributed by atoms with E-state index >= 15 is 0 Å². The number of non-ortho nitro benzene ring substituents is 1. The normalized spacial score (nSPS) is 22.3. The van der Waals surface area contributed by atoms with Crippen LogP contribution in [-0.2, 0) is 6.42 Å². The first-order valence-electron chi connectivity index (χ1n) is 6.64. The Labute approximate surface area is 113 Å². The number of hydrogen-bond donors (Lipinski definition) is 1. The second-order valence-corrected chi connectivity index (χ2v) is 5.43. The molecule has 1 aromatic carbocycles. The molecule has 0 bridgehead atoms. The van der Waals surface area contributed by atoms with E-state index in [-0.39, 0.29) is 16.7 Å². The second-order valence-electron chi connectivity index (χ2n) is 5.43. The van der Waals surface area contributed by atoms with E-state index in [1.165, 1.54) is 0 Å². The highest BCUT2D eigenvalue weighted by atomic mass is 16.6. The highest BCUT2D eigenvalue weighted by molar-refractivity contribution is 5.32. The molecular formula is C14H20N2O3. The van der Waals surface area contributed by atoms with Gasteiger partial charge in [0.25, 0.3) is 5.69 Å². The van der Waals surface area contributed by atoms with E-state index in [4.69, 9.17) is 0 Å². The molecule has 0 aromatic heterocycles. The van der Waals surface area contributed by atoms with Crippen LogP contribution in [0.5, 0.6) is 0 Å². The first-order valence-corrected chi connectivity index (χ1v) is 6.64. The van der Waals surface area contributed by atoms with Gasteiger partial charge in [-0.3, -0.25) is 10.1 Å². The van der Waals surface area contributed by atoms with Crippen molar-refractivity contribution < 1.29 is 10.0 Å². The molecule has 2 rings (SSSR count). The lowest BCUT2D eigenvalue weighted by Crippen LogP contribution is -2.37. The summed E-state index contributed by atoms with van der Waals surface area (Å²) in [5.74, 6) is 0.622. The van der Waals surface area contributed by atoms with Crippen molar-refractivity contribution in [3.63, 3.8) is 0 Å². The van der Waals surface area contributed by atoms with Crippen molar-refractivity contribution in [3.05, 3.63) is 39.9 Å². The lowest BCUT2D eigenvalue weighted by Gasteiger charge is -2.34. The average molecular weight is 264 g/mol. The van der Waals surface area contributed by atoms with Crippen LogP contribution in [0.4, 0.5) is 5.69 Å². The van der Waals surface area contributed by atoms with Gasteiger partial charge in [-0.15, -0.1) is 0 Å². The van der Waals surface area contributed by atoms with Crippen molar-refractivity contribution in [2.45, 2.75) is 25.4 Å². The molecule has 1 aliphatic carbocycles. The quantitative estimate of drug-likeness (QED) is 0.629. The van der Waals surface area contributed by atoms with Crippen molar-refractivity contribution in [3.8, 4) is 0 Å². The Morgan fingerprint density at radius 1 is 1.37 bits per heavy atom. The van der Waals surface area contributed by atoms with E-state index < -0.39 is 0 Å². The van der Waals surface area contributed by atoms with E-state index in [1.54, 1.807) is 12.1 Å². The van der Waals surface area contributed by atoms with Crippen molar-refractivity contribution in [2.75, 3.05) is 20.1 Å². The first-order chi connectivity index (χ1) is 9.04. The molecule has 0 radical (unpaired) electrons. The molecule has 0 heterocycles. The van der Waals surface area contributed by atoms with Crippen LogP contribution in [-0.4, -0.2) is 41.2 Å². The van der Waals surface area contributed by atoms with Crippen molar-refractivity contribution >= 4 is 5.69 Å². The maximum atomic E-state index is 10.5. The summed E-state index contributed by atoms with van der Waals surface area (Å²) in [6.45, 7) is 1.95. The van der Waals surface area contributed by atoms with Gasteiger partial charge in [-0.05, 0) is 37.8 Å². The Morgan fingerprint density at radius 3 is 2.53 bits per heavy atom. The monoisotopic (exact) mass is 264 g/mol. The second kappa shape index (κ2) is 6.12. The molecule has 5 heteroatoms. The third-order valence-electron chi connectivity index (χ3n) is 3.71. The van der Waals surface area contributed by atoms with E-state index in [9.17, 15) is 15.2 Å². The molecule has 0 unspecified atom stereocenters. The third-order valence-corrected chi connectivity index (χ3v) is 3.71. The number of hydrogen-bond acceptors (Lipinski definition) is 4. The van der Waals surface area contributed by atoms with Gasteiger partial charge in [0.05, 0.1) is 11.0 Å². The van der Waals surface area contributed by atoms with Crippen molar-refractivity contribution in [2.24, 2.45) is 5.92 Å². The number of likely N-dealkylation sites (N-methyl/N-ethyl adjacent to an activating group) is 1. The van der Waals surface area contributed by atoms with Crippen LogP contribution in [0.25, 0.3) is 0 Å². The van der Waals surface area contributed by atoms with Crippen molar-refractivity contribution in [1.82, 2.24) is 4.90 Å². The fourth-order valence-corrected chi connectivity index (χ4v) is 2.49. The standard InChI is InChI=1S/C14H20N2O3/c1-15(10-12-8-14(17)9-12)7-6-11-2-4-13(5-3-11)16(18)19/h2-5,12,14,17H,6-10H2,1H3. The Balaban J connectivity index is 1.73. The molecule has 1 N–H and O–H groups in total. The smallest absolute Gasteiger partial charge is 0.269 e. The zero-order chi connectivity index (χ0) is 13.8. The lowest BCUT2D eigenvalue weighted by atomic mass is 9.82. The molecule has 19 heavy (non-hydrogen) atoms. The Hall–Kier alpha value is -1.46. The molecule has 104 valence electrons. The van der Waals surface area contributed by atoms with Gasteiger partial charge in [0.1, 0.15) is 0 Å². The number of nitrogens with zero attached hydrogens (tertiary/aromatic N) is 2. The summed E-state index contributed by atoms with van der Waals surface area (Å²) in [6.07, 6.45) is 2.64. The number of benzene rings is 1. The van der Waals surface area contributed by atoms with E-state index in [0.29, 0.717) is 5.92 Å². The minimum absolute atomic E-state index is 0.0897. The van der Waals surface area contributed by atoms with Gasteiger partial charge >= 0.3 is 0 Å². The number of nitro groups is 1. The molecule has 0 amide bonds. The fourth-order valence-electron chi connectivity index (χ4n) is 2.49. The maximum Gasteiger partial charge on any atom is 0.269 e. The fraction of sp³-hybridized carbons (Fsp3) is 0.571. The largest absolute Gasteiger partial charge is 0.393 e. The Morgan fingerprint density at radius 2 is 2.00 bits per heavy atom. The van der Waals surface area contributed by atoms with Crippen LogP contribution in [0.3, 0.4) is 0 Å². The molecule has 1 aromatic rings. The maximum absolute atomic E-state index is 10.5. The van der Waals surface area contributed by atoms with E-state index in [2.05, 4.69) is 11.9 Å². The summed E-state index contributed by atoms with van der Waals surface area (Å²) < 4.78 is 0. The highest BCUT2D eigenvalue weighted by Crippen LogP contribution is 2.27. The van der Waals surface area contributed by atoms with Crippen LogP contribution < -0.4 is 0 Å². The Bertz CT molecular complexity index is 427. The topological polar surface area (TPSA) is 66.6 Å². The Kier molecular flexibility index (Phi) is 4.50. The van der Waals surface area contributed by atoms with E-state index in [0.717, 1.165) is 37.9 Å². The molecular weight excluding hydrogens is 244 g/mol. The molecule has 5 nitrogen and oxygen atoms in total. The molecule has 0 atom stereocenters. The van der Waals surface area contributed by atoms with Crippen LogP contribution >= 0.6 is 0 Å². The zero-order valence-corrected chi connectivity index (χ0v) is 11.2.